The van der Waals surface area contributed by atoms with Crippen LogP contribution in [-0.2, 0) is 19.1 Å². The quantitative estimate of drug-likeness (QED) is 0.395. The van der Waals surface area contributed by atoms with Gasteiger partial charge in [-0.1, -0.05) is 36.4 Å². The van der Waals surface area contributed by atoms with Crippen molar-refractivity contribution in [3.63, 3.8) is 0 Å². The van der Waals surface area contributed by atoms with Crippen LogP contribution in [-0.4, -0.2) is 99.3 Å². The summed E-state index contributed by atoms with van der Waals surface area (Å²) in [6.45, 7) is 9.88. The number of ether oxygens (including phenoxy) is 2. The van der Waals surface area contributed by atoms with Gasteiger partial charge < -0.3 is 29.7 Å². The fraction of sp³-hybridized carbons (Fsp3) is 0.484. The van der Waals surface area contributed by atoms with Crippen LogP contribution in [0.15, 0.2) is 42.5 Å². The zero-order valence-corrected chi connectivity index (χ0v) is 25.4. The minimum absolute atomic E-state index is 0.00297. The van der Waals surface area contributed by atoms with Gasteiger partial charge in [-0.15, -0.1) is 0 Å². The number of hydrogen-bond acceptors (Lipinski definition) is 9. The van der Waals surface area contributed by atoms with Crippen molar-refractivity contribution in [1.82, 2.24) is 25.1 Å². The van der Waals surface area contributed by atoms with E-state index in [1.54, 1.807) is 45.6 Å². The first-order valence-corrected chi connectivity index (χ1v) is 14.4. The van der Waals surface area contributed by atoms with Crippen LogP contribution in [0, 0.1) is 0 Å². The molecule has 2 atom stereocenters. The van der Waals surface area contributed by atoms with Crippen LogP contribution in [0.5, 0.6) is 0 Å². The lowest BCUT2D eigenvalue weighted by Gasteiger charge is -2.36. The van der Waals surface area contributed by atoms with Gasteiger partial charge in [0, 0.05) is 38.2 Å². The monoisotopic (exact) mass is 595 g/mol. The molecule has 3 amide bonds. The topological polar surface area (TPSA) is 151 Å². The minimum atomic E-state index is -1.05. The van der Waals surface area contributed by atoms with Gasteiger partial charge in [0.25, 0.3) is 5.91 Å². The van der Waals surface area contributed by atoms with E-state index in [1.165, 1.54) is 17.0 Å². The summed E-state index contributed by atoms with van der Waals surface area (Å²) in [6, 6.07) is 9.52. The van der Waals surface area contributed by atoms with Crippen LogP contribution in [0.2, 0.25) is 0 Å². The number of nitrogens with one attached hydrogen (secondary N) is 1. The maximum absolute atomic E-state index is 13.7. The highest BCUT2D eigenvalue weighted by molar-refractivity contribution is 5.97. The third-order valence-electron chi connectivity index (χ3n) is 6.33. The van der Waals surface area contributed by atoms with Gasteiger partial charge >= 0.3 is 12.1 Å². The smallest absolute Gasteiger partial charge is 0.409 e. The molecule has 43 heavy (non-hydrogen) atoms. The van der Waals surface area contributed by atoms with E-state index in [0.29, 0.717) is 17.1 Å². The molecule has 3 rings (SSSR count). The van der Waals surface area contributed by atoms with Gasteiger partial charge in [0.1, 0.15) is 17.3 Å². The molecule has 12 heteroatoms. The molecule has 0 radical (unpaired) electrons. The van der Waals surface area contributed by atoms with Crippen LogP contribution in [0.4, 0.5) is 4.79 Å². The van der Waals surface area contributed by atoms with E-state index in [4.69, 9.17) is 9.47 Å². The lowest BCUT2D eigenvalue weighted by molar-refractivity contribution is -0.155. The number of hydrogen-bond donors (Lipinski definition) is 2. The third kappa shape index (κ3) is 10.5. The summed E-state index contributed by atoms with van der Waals surface area (Å²) in [4.78, 5) is 63.9. The highest BCUT2D eigenvalue weighted by Crippen LogP contribution is 2.18. The van der Waals surface area contributed by atoms with Crippen LogP contribution in [0.25, 0.3) is 17.5 Å². The zero-order chi connectivity index (χ0) is 31.6. The van der Waals surface area contributed by atoms with Gasteiger partial charge in [0.2, 0.25) is 5.91 Å². The zero-order valence-electron chi connectivity index (χ0n) is 25.4. The second-order valence-electron chi connectivity index (χ2n) is 11.1. The van der Waals surface area contributed by atoms with Crippen LogP contribution in [0.3, 0.4) is 0 Å². The fourth-order valence-corrected chi connectivity index (χ4v) is 4.31. The van der Waals surface area contributed by atoms with Gasteiger partial charge in [0.15, 0.2) is 5.82 Å². The summed E-state index contributed by atoms with van der Waals surface area (Å²) < 4.78 is 10.5. The van der Waals surface area contributed by atoms with Crippen molar-refractivity contribution in [2.75, 3.05) is 32.8 Å². The fourth-order valence-electron chi connectivity index (χ4n) is 4.31. The van der Waals surface area contributed by atoms with E-state index < -0.39 is 35.7 Å². The molecular weight excluding hydrogens is 554 g/mol. The van der Waals surface area contributed by atoms with Crippen molar-refractivity contribution in [3.05, 3.63) is 53.9 Å². The van der Waals surface area contributed by atoms with E-state index in [-0.39, 0.29) is 57.2 Å². The molecule has 0 bridgehead atoms. The molecule has 1 aromatic carbocycles. The predicted octanol–water partition coefficient (Wildman–Crippen LogP) is 3.06. The number of carbonyl (C=O) groups excluding carboxylic acids is 4. The molecule has 232 valence electrons. The van der Waals surface area contributed by atoms with Crippen molar-refractivity contribution in [1.29, 1.82) is 0 Å². The third-order valence-corrected chi connectivity index (χ3v) is 6.33. The number of nitrogens with zero attached hydrogens (tertiary/aromatic N) is 4. The molecular formula is C31H41N5O7. The summed E-state index contributed by atoms with van der Waals surface area (Å²) in [5.74, 6) is -1.21. The van der Waals surface area contributed by atoms with Crippen LogP contribution in [0.1, 0.15) is 63.6 Å². The molecule has 0 spiro atoms. The molecule has 1 saturated heterocycles. The maximum Gasteiger partial charge on any atom is 0.409 e. The lowest BCUT2D eigenvalue weighted by Crippen LogP contribution is -2.56. The SMILES string of the molecule is CCOC(=O)N1CCN(C(=O)C(CCC(=O)OC(C)(C)C)NC(=O)c2cc(C=CC(C)O)nc(-c3ccccc3)n2)CC1. The molecule has 2 aromatic rings. The Hall–Kier alpha value is -4.32. The highest BCUT2D eigenvalue weighted by Gasteiger charge is 2.32. The van der Waals surface area contributed by atoms with E-state index in [2.05, 4.69) is 15.3 Å². The summed E-state index contributed by atoms with van der Waals surface area (Å²) in [6.07, 6.45) is 1.85. The summed E-state index contributed by atoms with van der Waals surface area (Å²) in [5.41, 5.74) is 0.391. The van der Waals surface area contributed by atoms with Crippen molar-refractivity contribution in [3.8, 4) is 11.4 Å². The van der Waals surface area contributed by atoms with Gasteiger partial charge in [-0.05, 0) is 53.2 Å². The van der Waals surface area contributed by atoms with Gasteiger partial charge in [-0.25, -0.2) is 14.8 Å². The molecule has 12 nitrogen and oxygen atoms in total. The Bertz CT molecular complexity index is 1300. The Kier molecular flexibility index (Phi) is 11.8. The maximum atomic E-state index is 13.7. The molecule has 0 aliphatic carbocycles. The summed E-state index contributed by atoms with van der Waals surface area (Å²) in [5, 5.41) is 12.5. The second-order valence-corrected chi connectivity index (χ2v) is 11.1. The first-order chi connectivity index (χ1) is 20.4. The first-order valence-electron chi connectivity index (χ1n) is 14.4. The number of benzene rings is 1. The number of rotatable bonds is 10. The highest BCUT2D eigenvalue weighted by atomic mass is 16.6. The van der Waals surface area contributed by atoms with Crippen molar-refractivity contribution >= 4 is 30.0 Å². The molecule has 0 saturated carbocycles. The molecule has 1 aromatic heterocycles. The lowest BCUT2D eigenvalue weighted by atomic mass is 10.1. The molecule has 1 aliphatic heterocycles. The normalized spacial score (nSPS) is 15.1. The van der Waals surface area contributed by atoms with Gasteiger partial charge in [-0.3, -0.25) is 14.4 Å². The standard InChI is InChI=1S/C31H41N5O7/c1-6-42-30(41)36-18-16-35(17-19-36)29(40)24(14-15-26(38)43-31(3,4)5)34-28(39)25-20-23(13-12-21(2)37)32-27(33-25)22-10-8-7-9-11-22/h7-13,20-21,24,37H,6,14-19H2,1-5H3,(H,34,39). The van der Waals surface area contributed by atoms with E-state index >= 15 is 0 Å². The molecule has 1 aliphatic rings. The van der Waals surface area contributed by atoms with Gasteiger partial charge in [0.05, 0.1) is 18.4 Å². The van der Waals surface area contributed by atoms with Crippen LogP contribution < -0.4 is 5.32 Å². The first kappa shape index (κ1) is 33.2. The van der Waals surface area contributed by atoms with E-state index in [1.807, 2.05) is 30.3 Å². The Labute approximate surface area is 252 Å². The molecule has 2 N–H and O–H groups in total. The number of aliphatic hydroxyl groups is 1. The van der Waals surface area contributed by atoms with Gasteiger partial charge in [-0.2, -0.15) is 0 Å². The number of piperazine rings is 1. The number of aromatic nitrogens is 2. The van der Waals surface area contributed by atoms with Crippen molar-refractivity contribution < 1.29 is 33.8 Å². The Balaban J connectivity index is 1.85. The Morgan fingerprint density at radius 2 is 1.70 bits per heavy atom. The summed E-state index contributed by atoms with van der Waals surface area (Å²) >= 11 is 0. The average Bonchev–Trinajstić information content (AvgIpc) is 2.97. The average molecular weight is 596 g/mol. The van der Waals surface area contributed by atoms with E-state index in [0.717, 1.165) is 0 Å². The number of esters is 1. The number of amides is 3. The Morgan fingerprint density at radius 1 is 1.05 bits per heavy atom. The number of aliphatic hydroxyl groups excluding tert-OH is 1. The van der Waals surface area contributed by atoms with Crippen molar-refractivity contribution in [2.45, 2.75) is 65.2 Å². The largest absolute Gasteiger partial charge is 0.460 e. The molecule has 2 heterocycles. The predicted molar refractivity (Wildman–Crippen MR) is 160 cm³/mol. The molecule has 1 fully saturated rings. The summed E-state index contributed by atoms with van der Waals surface area (Å²) in [7, 11) is 0. The van der Waals surface area contributed by atoms with Crippen LogP contribution >= 0.6 is 0 Å². The Morgan fingerprint density at radius 3 is 2.30 bits per heavy atom. The van der Waals surface area contributed by atoms with Crippen molar-refractivity contribution in [2.24, 2.45) is 0 Å². The minimum Gasteiger partial charge on any atom is -0.460 e. The molecule has 2 unspecified atom stereocenters. The second kappa shape index (κ2) is 15.2. The number of carbonyl (C=O) groups is 4. The van der Waals surface area contributed by atoms with E-state index in [9.17, 15) is 24.3 Å².